The number of hydrogen-bond donors (Lipinski definition) is 1. The fourth-order valence-corrected chi connectivity index (χ4v) is 2.06. The van der Waals surface area contributed by atoms with E-state index < -0.39 is 5.92 Å². The van der Waals surface area contributed by atoms with Gasteiger partial charge in [-0.05, 0) is 17.7 Å². The number of aldehydes is 1. The maximum absolute atomic E-state index is 12.8. The summed E-state index contributed by atoms with van der Waals surface area (Å²) in [6.07, 6.45) is 0.790. The van der Waals surface area contributed by atoms with Crippen molar-refractivity contribution in [1.29, 1.82) is 0 Å². The van der Waals surface area contributed by atoms with Crippen LogP contribution >= 0.6 is 0 Å². The molecule has 1 heterocycles. The Morgan fingerprint density at radius 2 is 2.00 bits per heavy atom. The van der Waals surface area contributed by atoms with Crippen LogP contribution in [0, 0.1) is 11.7 Å². The third kappa shape index (κ3) is 2.02. The summed E-state index contributed by atoms with van der Waals surface area (Å²) in [5.74, 6) is -1.14. The zero-order valence-corrected chi connectivity index (χ0v) is 8.65. The molecular formula is C12H12FNO2. The molecule has 2 rings (SSSR count). The molecule has 1 aromatic rings. The first-order valence-electron chi connectivity index (χ1n) is 5.16. The van der Waals surface area contributed by atoms with E-state index in [2.05, 4.69) is 5.32 Å². The van der Waals surface area contributed by atoms with E-state index in [0.717, 1.165) is 6.29 Å². The largest absolute Gasteiger partial charge is 0.309 e. The lowest BCUT2D eigenvalue weighted by Crippen LogP contribution is -2.43. The Bertz CT molecular complexity index is 402. The van der Waals surface area contributed by atoms with Gasteiger partial charge in [0.25, 0.3) is 0 Å². The van der Waals surface area contributed by atoms with Crippen molar-refractivity contribution in [2.45, 2.75) is 5.92 Å². The van der Waals surface area contributed by atoms with Crippen LogP contribution in [0.5, 0.6) is 0 Å². The van der Waals surface area contributed by atoms with E-state index in [0.29, 0.717) is 12.1 Å². The molecule has 3 nitrogen and oxygen atoms in total. The lowest BCUT2D eigenvalue weighted by Gasteiger charge is -2.27. The standard InChI is InChI=1S/C12H12FNO2/c13-10-3-1-8(2-4-10)12-9(7-15)5-14-6-11(12)16/h1-4,7,9,12,14H,5-6H2. The van der Waals surface area contributed by atoms with Gasteiger partial charge in [0, 0.05) is 12.5 Å². The molecule has 16 heavy (non-hydrogen) atoms. The van der Waals surface area contributed by atoms with Crippen molar-refractivity contribution >= 4 is 12.1 Å². The van der Waals surface area contributed by atoms with Crippen LogP contribution in [0.2, 0.25) is 0 Å². The summed E-state index contributed by atoms with van der Waals surface area (Å²) in [5.41, 5.74) is 0.713. The van der Waals surface area contributed by atoms with Crippen LogP contribution in [0.3, 0.4) is 0 Å². The van der Waals surface area contributed by atoms with E-state index >= 15 is 0 Å². The predicted molar refractivity (Wildman–Crippen MR) is 56.6 cm³/mol. The zero-order chi connectivity index (χ0) is 11.5. The molecule has 0 spiro atoms. The van der Waals surface area contributed by atoms with Gasteiger partial charge in [0.05, 0.1) is 12.5 Å². The second-order valence-electron chi connectivity index (χ2n) is 3.93. The van der Waals surface area contributed by atoms with Gasteiger partial charge < -0.3 is 10.1 Å². The number of carbonyl (C=O) groups excluding carboxylic acids is 2. The van der Waals surface area contributed by atoms with Gasteiger partial charge in [0.2, 0.25) is 0 Å². The summed E-state index contributed by atoms with van der Waals surface area (Å²) >= 11 is 0. The smallest absolute Gasteiger partial charge is 0.154 e. The first kappa shape index (κ1) is 11.0. The van der Waals surface area contributed by atoms with Gasteiger partial charge >= 0.3 is 0 Å². The Hall–Kier alpha value is -1.55. The van der Waals surface area contributed by atoms with Gasteiger partial charge in [0.1, 0.15) is 12.1 Å². The van der Waals surface area contributed by atoms with E-state index in [-0.39, 0.29) is 24.1 Å². The fourth-order valence-electron chi connectivity index (χ4n) is 2.06. The third-order valence-electron chi connectivity index (χ3n) is 2.86. The molecule has 1 fully saturated rings. The summed E-state index contributed by atoms with van der Waals surface area (Å²) in [7, 11) is 0. The molecular weight excluding hydrogens is 209 g/mol. The van der Waals surface area contributed by atoms with E-state index in [1.54, 1.807) is 12.1 Å². The van der Waals surface area contributed by atoms with Crippen molar-refractivity contribution in [3.8, 4) is 0 Å². The number of hydrogen-bond acceptors (Lipinski definition) is 3. The molecule has 2 unspecified atom stereocenters. The number of benzene rings is 1. The van der Waals surface area contributed by atoms with Crippen LogP contribution in [-0.2, 0) is 9.59 Å². The Balaban J connectivity index is 2.31. The Morgan fingerprint density at radius 3 is 2.62 bits per heavy atom. The van der Waals surface area contributed by atoms with Crippen LogP contribution in [0.15, 0.2) is 24.3 Å². The normalized spacial score (nSPS) is 25.4. The molecule has 0 radical (unpaired) electrons. The molecule has 1 aliphatic rings. The average Bonchev–Trinajstić information content (AvgIpc) is 2.30. The van der Waals surface area contributed by atoms with Gasteiger partial charge in [-0.2, -0.15) is 0 Å². The maximum atomic E-state index is 12.8. The van der Waals surface area contributed by atoms with E-state index in [1.807, 2.05) is 0 Å². The molecule has 0 aliphatic carbocycles. The predicted octanol–water partition coefficient (Wildman–Crippen LogP) is 0.897. The van der Waals surface area contributed by atoms with Gasteiger partial charge in [-0.1, -0.05) is 12.1 Å². The van der Waals surface area contributed by atoms with Crippen LogP contribution < -0.4 is 5.32 Å². The second kappa shape index (κ2) is 4.53. The zero-order valence-electron chi connectivity index (χ0n) is 8.65. The minimum absolute atomic E-state index is 0.0186. The van der Waals surface area contributed by atoms with Crippen molar-refractivity contribution in [3.63, 3.8) is 0 Å². The Morgan fingerprint density at radius 1 is 1.31 bits per heavy atom. The monoisotopic (exact) mass is 221 g/mol. The van der Waals surface area contributed by atoms with Gasteiger partial charge in [-0.3, -0.25) is 4.79 Å². The highest BCUT2D eigenvalue weighted by Gasteiger charge is 2.32. The number of halogens is 1. The SMILES string of the molecule is O=CC1CNCC(=O)C1c1ccc(F)cc1. The number of Topliss-reactive ketones (excluding diaryl/α,β-unsaturated/α-hetero) is 1. The van der Waals surface area contributed by atoms with Crippen molar-refractivity contribution in [2.75, 3.05) is 13.1 Å². The highest BCUT2D eigenvalue weighted by Crippen LogP contribution is 2.26. The lowest BCUT2D eigenvalue weighted by molar-refractivity contribution is -0.125. The quantitative estimate of drug-likeness (QED) is 0.755. The summed E-state index contributed by atoms with van der Waals surface area (Å²) < 4.78 is 12.8. The average molecular weight is 221 g/mol. The minimum Gasteiger partial charge on any atom is -0.309 e. The Labute approximate surface area is 92.7 Å². The minimum atomic E-state index is -0.431. The number of piperidine rings is 1. The van der Waals surface area contributed by atoms with Crippen molar-refractivity contribution in [1.82, 2.24) is 5.32 Å². The van der Waals surface area contributed by atoms with Crippen LogP contribution in [0.1, 0.15) is 11.5 Å². The molecule has 0 bridgehead atoms. The number of nitrogens with one attached hydrogen (secondary N) is 1. The molecule has 4 heteroatoms. The summed E-state index contributed by atoms with van der Waals surface area (Å²) in [4.78, 5) is 22.6. The van der Waals surface area contributed by atoms with E-state index in [9.17, 15) is 14.0 Å². The van der Waals surface area contributed by atoms with Gasteiger partial charge in [0.15, 0.2) is 5.78 Å². The maximum Gasteiger partial charge on any atom is 0.154 e. The summed E-state index contributed by atoms with van der Waals surface area (Å²) in [6.45, 7) is 0.768. The van der Waals surface area contributed by atoms with E-state index in [4.69, 9.17) is 0 Å². The van der Waals surface area contributed by atoms with Crippen LogP contribution in [0.4, 0.5) is 4.39 Å². The topological polar surface area (TPSA) is 46.2 Å². The molecule has 0 aromatic heterocycles. The van der Waals surface area contributed by atoms with Crippen LogP contribution in [-0.4, -0.2) is 25.2 Å². The number of rotatable bonds is 2. The highest BCUT2D eigenvalue weighted by molar-refractivity contribution is 5.91. The van der Waals surface area contributed by atoms with Crippen LogP contribution in [0.25, 0.3) is 0 Å². The molecule has 0 saturated carbocycles. The molecule has 0 amide bonds. The number of ketones is 1. The van der Waals surface area contributed by atoms with Gasteiger partial charge in [-0.15, -0.1) is 0 Å². The molecule has 1 aliphatic heterocycles. The number of carbonyl (C=O) groups is 2. The molecule has 2 atom stereocenters. The van der Waals surface area contributed by atoms with Crippen molar-refractivity contribution < 1.29 is 14.0 Å². The van der Waals surface area contributed by atoms with E-state index in [1.165, 1.54) is 12.1 Å². The third-order valence-corrected chi connectivity index (χ3v) is 2.86. The summed E-state index contributed by atoms with van der Waals surface area (Å²) in [6, 6.07) is 5.76. The van der Waals surface area contributed by atoms with Gasteiger partial charge in [-0.25, -0.2) is 4.39 Å². The lowest BCUT2D eigenvalue weighted by atomic mass is 9.81. The molecule has 1 saturated heterocycles. The van der Waals surface area contributed by atoms with Crippen molar-refractivity contribution in [3.05, 3.63) is 35.6 Å². The summed E-state index contributed by atoms with van der Waals surface area (Å²) in [5, 5.41) is 2.89. The second-order valence-corrected chi connectivity index (χ2v) is 3.93. The first-order chi connectivity index (χ1) is 7.72. The molecule has 84 valence electrons. The fraction of sp³-hybridized carbons (Fsp3) is 0.333. The Kier molecular flexibility index (Phi) is 3.10. The highest BCUT2D eigenvalue weighted by atomic mass is 19.1. The van der Waals surface area contributed by atoms with Crippen molar-refractivity contribution in [2.24, 2.45) is 5.92 Å². The molecule has 1 N–H and O–H groups in total. The molecule has 1 aromatic carbocycles. The first-order valence-corrected chi connectivity index (χ1v) is 5.16.